The predicted molar refractivity (Wildman–Crippen MR) is 50.0 cm³/mol. The molecule has 1 unspecified atom stereocenters. The molecule has 0 aliphatic carbocycles. The zero-order chi connectivity index (χ0) is 8.39. The molecule has 12 heavy (non-hydrogen) atoms. The molecular formula is C10H14N2. The van der Waals surface area contributed by atoms with Gasteiger partial charge >= 0.3 is 0 Å². The van der Waals surface area contributed by atoms with Gasteiger partial charge in [-0.1, -0.05) is 12.2 Å². The molecule has 0 saturated carbocycles. The van der Waals surface area contributed by atoms with E-state index in [-0.39, 0.29) is 0 Å². The summed E-state index contributed by atoms with van der Waals surface area (Å²) in [7, 11) is 0. The third-order valence-electron chi connectivity index (χ3n) is 2.21. The van der Waals surface area contributed by atoms with Gasteiger partial charge in [0, 0.05) is 11.9 Å². The van der Waals surface area contributed by atoms with Gasteiger partial charge in [-0.2, -0.15) is 0 Å². The van der Waals surface area contributed by atoms with Crippen LogP contribution in [-0.4, -0.2) is 11.5 Å². The van der Waals surface area contributed by atoms with Crippen LogP contribution in [0.3, 0.4) is 0 Å². The molecule has 1 atom stereocenters. The van der Waals surface area contributed by atoms with E-state index in [0.29, 0.717) is 6.04 Å². The van der Waals surface area contributed by atoms with Gasteiger partial charge in [0.2, 0.25) is 0 Å². The minimum atomic E-state index is 0.420. The Kier molecular flexibility index (Phi) is 2.00. The van der Waals surface area contributed by atoms with Crippen LogP contribution in [0.4, 0.5) is 0 Å². The fourth-order valence-corrected chi connectivity index (χ4v) is 1.56. The molecule has 0 fully saturated rings. The second-order valence-electron chi connectivity index (χ2n) is 3.26. The van der Waals surface area contributed by atoms with E-state index in [4.69, 9.17) is 0 Å². The second-order valence-corrected chi connectivity index (χ2v) is 3.26. The van der Waals surface area contributed by atoms with E-state index in [1.54, 1.807) is 0 Å². The summed E-state index contributed by atoms with van der Waals surface area (Å²) in [6.45, 7) is 3.17. The van der Waals surface area contributed by atoms with E-state index in [9.17, 15) is 0 Å². The maximum atomic E-state index is 3.44. The number of aryl methyl sites for hydroxylation is 1. The van der Waals surface area contributed by atoms with Crippen molar-refractivity contribution in [1.29, 1.82) is 0 Å². The van der Waals surface area contributed by atoms with Gasteiger partial charge in [0.05, 0.1) is 6.04 Å². The normalized spacial score (nSPS) is 22.9. The smallest absolute Gasteiger partial charge is 0.0521 e. The van der Waals surface area contributed by atoms with Gasteiger partial charge in [0.15, 0.2) is 0 Å². The van der Waals surface area contributed by atoms with Gasteiger partial charge < -0.3 is 10.3 Å². The molecule has 2 nitrogen and oxygen atoms in total. The highest BCUT2D eigenvalue weighted by molar-refractivity contribution is 5.24. The Balaban J connectivity index is 2.18. The first-order chi connectivity index (χ1) is 5.86. The molecular weight excluding hydrogens is 148 g/mol. The Bertz CT molecular complexity index is 286. The molecule has 0 radical (unpaired) electrons. The van der Waals surface area contributed by atoms with Crippen LogP contribution < -0.4 is 5.32 Å². The summed E-state index contributed by atoms with van der Waals surface area (Å²) in [5.74, 6) is 0. The van der Waals surface area contributed by atoms with Crippen LogP contribution in [-0.2, 0) is 0 Å². The van der Waals surface area contributed by atoms with Crippen molar-refractivity contribution in [3.05, 3.63) is 35.7 Å². The SMILES string of the molecule is Cc1cc(C2C=CCCN2)c[nH]1. The monoisotopic (exact) mass is 162 g/mol. The highest BCUT2D eigenvalue weighted by Gasteiger charge is 2.10. The zero-order valence-electron chi connectivity index (χ0n) is 7.30. The van der Waals surface area contributed by atoms with E-state index in [1.165, 1.54) is 11.3 Å². The molecule has 0 saturated heterocycles. The lowest BCUT2D eigenvalue weighted by atomic mass is 10.1. The Morgan fingerprint density at radius 1 is 1.50 bits per heavy atom. The predicted octanol–water partition coefficient (Wildman–Crippen LogP) is 1.91. The molecule has 0 aromatic carbocycles. The third-order valence-corrected chi connectivity index (χ3v) is 2.21. The van der Waals surface area contributed by atoms with Crippen molar-refractivity contribution in [2.75, 3.05) is 6.54 Å². The molecule has 0 bridgehead atoms. The quantitative estimate of drug-likeness (QED) is 0.606. The van der Waals surface area contributed by atoms with Gasteiger partial charge in [-0.3, -0.25) is 0 Å². The first-order valence-corrected chi connectivity index (χ1v) is 4.41. The summed E-state index contributed by atoms with van der Waals surface area (Å²) in [5.41, 5.74) is 2.56. The molecule has 1 aliphatic rings. The summed E-state index contributed by atoms with van der Waals surface area (Å²) in [5, 5.41) is 3.44. The minimum absolute atomic E-state index is 0.420. The number of aromatic nitrogens is 1. The lowest BCUT2D eigenvalue weighted by molar-refractivity contribution is 0.601. The first kappa shape index (κ1) is 7.62. The zero-order valence-corrected chi connectivity index (χ0v) is 7.30. The van der Waals surface area contributed by atoms with E-state index in [0.717, 1.165) is 13.0 Å². The maximum Gasteiger partial charge on any atom is 0.0521 e. The standard InChI is InChI=1S/C10H14N2/c1-8-6-9(7-12-8)10-4-2-3-5-11-10/h2,4,6-7,10-12H,3,5H2,1H3. The average molecular weight is 162 g/mol. The van der Waals surface area contributed by atoms with Gasteiger partial charge in [-0.15, -0.1) is 0 Å². The number of hydrogen-bond donors (Lipinski definition) is 2. The molecule has 1 aromatic rings. The summed E-state index contributed by atoms with van der Waals surface area (Å²) >= 11 is 0. The summed E-state index contributed by atoms with van der Waals surface area (Å²) < 4.78 is 0. The van der Waals surface area contributed by atoms with Crippen LogP contribution in [0.2, 0.25) is 0 Å². The molecule has 1 aromatic heterocycles. The largest absolute Gasteiger partial charge is 0.365 e. The fourth-order valence-electron chi connectivity index (χ4n) is 1.56. The molecule has 0 amide bonds. The second kappa shape index (κ2) is 3.15. The number of H-pyrrole nitrogens is 1. The summed E-state index contributed by atoms with van der Waals surface area (Å²) in [6.07, 6.45) is 7.69. The van der Waals surface area contributed by atoms with Crippen molar-refractivity contribution < 1.29 is 0 Å². The van der Waals surface area contributed by atoms with Gasteiger partial charge in [-0.05, 0) is 31.5 Å². The van der Waals surface area contributed by atoms with Crippen molar-refractivity contribution in [2.24, 2.45) is 0 Å². The average Bonchev–Trinajstić information content (AvgIpc) is 2.54. The lowest BCUT2D eigenvalue weighted by Gasteiger charge is -2.16. The summed E-state index contributed by atoms with van der Waals surface area (Å²) in [6, 6.07) is 2.61. The maximum absolute atomic E-state index is 3.44. The van der Waals surface area contributed by atoms with Gasteiger partial charge in [-0.25, -0.2) is 0 Å². The number of nitrogens with one attached hydrogen (secondary N) is 2. The first-order valence-electron chi connectivity index (χ1n) is 4.41. The third kappa shape index (κ3) is 1.43. The van der Waals surface area contributed by atoms with Crippen molar-refractivity contribution in [2.45, 2.75) is 19.4 Å². The fraction of sp³-hybridized carbons (Fsp3) is 0.400. The van der Waals surface area contributed by atoms with Crippen LogP contribution in [0.25, 0.3) is 0 Å². The molecule has 2 heterocycles. The van der Waals surface area contributed by atoms with Crippen molar-refractivity contribution in [1.82, 2.24) is 10.3 Å². The van der Waals surface area contributed by atoms with Crippen LogP contribution in [0, 0.1) is 6.92 Å². The Labute approximate surface area is 72.7 Å². The Morgan fingerprint density at radius 3 is 3.00 bits per heavy atom. The lowest BCUT2D eigenvalue weighted by Crippen LogP contribution is -2.22. The van der Waals surface area contributed by atoms with Crippen molar-refractivity contribution in [3.8, 4) is 0 Å². The molecule has 1 aliphatic heterocycles. The highest BCUT2D eigenvalue weighted by Crippen LogP contribution is 2.17. The molecule has 0 spiro atoms. The van der Waals surface area contributed by atoms with Gasteiger partial charge in [0.1, 0.15) is 0 Å². The number of hydrogen-bond acceptors (Lipinski definition) is 1. The topological polar surface area (TPSA) is 27.8 Å². The number of aromatic amines is 1. The number of rotatable bonds is 1. The van der Waals surface area contributed by atoms with Crippen LogP contribution in [0.15, 0.2) is 24.4 Å². The van der Waals surface area contributed by atoms with E-state index < -0.39 is 0 Å². The van der Waals surface area contributed by atoms with E-state index in [2.05, 4.69) is 41.6 Å². The van der Waals surface area contributed by atoms with Crippen molar-refractivity contribution >= 4 is 0 Å². The molecule has 2 heteroatoms. The van der Waals surface area contributed by atoms with Crippen LogP contribution >= 0.6 is 0 Å². The van der Waals surface area contributed by atoms with E-state index >= 15 is 0 Å². The summed E-state index contributed by atoms with van der Waals surface area (Å²) in [4.78, 5) is 3.19. The molecule has 2 rings (SSSR count). The molecule has 2 N–H and O–H groups in total. The Morgan fingerprint density at radius 2 is 2.42 bits per heavy atom. The molecule has 64 valence electrons. The van der Waals surface area contributed by atoms with E-state index in [1.807, 2.05) is 0 Å². The highest BCUT2D eigenvalue weighted by atomic mass is 14.9. The van der Waals surface area contributed by atoms with Gasteiger partial charge in [0.25, 0.3) is 0 Å². The van der Waals surface area contributed by atoms with Crippen LogP contribution in [0.5, 0.6) is 0 Å². The minimum Gasteiger partial charge on any atom is -0.365 e. The Hall–Kier alpha value is -1.02. The van der Waals surface area contributed by atoms with Crippen LogP contribution in [0.1, 0.15) is 23.7 Å². The van der Waals surface area contributed by atoms with Crippen molar-refractivity contribution in [3.63, 3.8) is 0 Å².